The largest absolute Gasteiger partial charge is 0.144 e. The van der Waals surface area contributed by atoms with Crippen LogP contribution >= 0.6 is 22.7 Å². The normalized spacial score (nSPS) is 10.5. The highest BCUT2D eigenvalue weighted by Crippen LogP contribution is 2.18. The molecule has 17 heavy (non-hydrogen) atoms. The Morgan fingerprint density at radius 3 is 1.71 bits per heavy atom. The van der Waals surface area contributed by atoms with Gasteiger partial charge in [0, 0.05) is 9.75 Å². The fourth-order valence-electron chi connectivity index (χ4n) is 1.90. The van der Waals surface area contributed by atoms with Gasteiger partial charge in [-0.3, -0.25) is 0 Å². The van der Waals surface area contributed by atoms with Gasteiger partial charge in [0.2, 0.25) is 0 Å². The van der Waals surface area contributed by atoms with Gasteiger partial charge in [-0.25, -0.2) is 0 Å². The smallest absolute Gasteiger partial charge is 0.0913 e. The Balaban J connectivity index is 2.32. The molecule has 0 amide bonds. The Kier molecular flexibility index (Phi) is 3.81. The first-order chi connectivity index (χ1) is 8.09. The van der Waals surface area contributed by atoms with Crippen molar-refractivity contribution in [3.05, 3.63) is 45.8 Å². The molecule has 0 bridgehead atoms. The van der Waals surface area contributed by atoms with Gasteiger partial charge in [-0.15, -0.1) is 22.7 Å². The van der Waals surface area contributed by atoms with Crippen molar-refractivity contribution in [2.45, 2.75) is 13.8 Å². The molecule has 0 saturated heterocycles. The van der Waals surface area contributed by atoms with Gasteiger partial charge in [0.05, 0.1) is 9.52 Å². The highest BCUT2D eigenvalue weighted by molar-refractivity contribution is 7.14. The first-order valence-corrected chi connectivity index (χ1v) is 8.71. The van der Waals surface area contributed by atoms with Gasteiger partial charge < -0.3 is 0 Å². The molecule has 0 fully saturated rings. The Hall–Kier alpha value is -0.903. The minimum atomic E-state index is -0.394. The van der Waals surface area contributed by atoms with Crippen molar-refractivity contribution in [1.29, 1.82) is 0 Å². The van der Waals surface area contributed by atoms with E-state index in [0.29, 0.717) is 0 Å². The Morgan fingerprint density at radius 2 is 1.35 bits per heavy atom. The molecule has 3 heteroatoms. The summed E-state index contributed by atoms with van der Waals surface area (Å²) in [4.78, 5) is 2.77. The van der Waals surface area contributed by atoms with Crippen LogP contribution in [0.2, 0.25) is 0 Å². The fourth-order valence-corrected chi connectivity index (χ4v) is 6.56. The zero-order valence-corrected chi connectivity index (χ0v) is 13.3. The molecule has 2 aromatic heterocycles. The van der Waals surface area contributed by atoms with Crippen molar-refractivity contribution in [3.63, 3.8) is 0 Å². The van der Waals surface area contributed by atoms with Crippen molar-refractivity contribution in [1.82, 2.24) is 0 Å². The molecule has 88 valence electrons. The summed E-state index contributed by atoms with van der Waals surface area (Å²) in [5.74, 6) is 0. The van der Waals surface area contributed by atoms with Crippen LogP contribution in [0.5, 0.6) is 0 Å². The van der Waals surface area contributed by atoms with E-state index in [1.807, 2.05) is 22.7 Å². The molecule has 0 aliphatic carbocycles. The molecule has 0 spiro atoms. The second-order valence-corrected chi connectivity index (χ2v) is 8.00. The third-order valence-corrected chi connectivity index (χ3v) is 7.34. The van der Waals surface area contributed by atoms with Crippen molar-refractivity contribution < 1.29 is 0 Å². The van der Waals surface area contributed by atoms with Crippen molar-refractivity contribution in [2.75, 3.05) is 0 Å². The molecule has 2 heterocycles. The van der Waals surface area contributed by atoms with Crippen LogP contribution in [0.3, 0.4) is 0 Å². The molecule has 2 aromatic rings. The fraction of sp³-hybridized carbons (Fsp3) is 0.143. The molecule has 0 saturated carbocycles. The molecule has 0 unspecified atom stereocenters. The first-order valence-electron chi connectivity index (χ1n) is 5.54. The average Bonchev–Trinajstić information content (AvgIpc) is 2.86. The summed E-state index contributed by atoms with van der Waals surface area (Å²) in [7, 11) is -0.394. The van der Waals surface area contributed by atoms with E-state index in [1.165, 1.54) is 31.3 Å². The predicted octanol–water partition coefficient (Wildman–Crippen LogP) is 3.00. The SMILES string of the molecule is C=C(C)c1sccc1[SiH2]c1ccsc1C(=C)C. The molecule has 2 rings (SSSR count). The van der Waals surface area contributed by atoms with E-state index in [2.05, 4.69) is 49.9 Å². The van der Waals surface area contributed by atoms with Crippen molar-refractivity contribution in [2.24, 2.45) is 0 Å². The van der Waals surface area contributed by atoms with E-state index < -0.39 is 9.52 Å². The Labute approximate surface area is 113 Å². The quantitative estimate of drug-likeness (QED) is 0.753. The molecule has 0 radical (unpaired) electrons. The Bertz CT molecular complexity index is 510. The highest BCUT2D eigenvalue weighted by Gasteiger charge is 2.10. The van der Waals surface area contributed by atoms with E-state index >= 15 is 0 Å². The first kappa shape index (κ1) is 12.6. The summed E-state index contributed by atoms with van der Waals surface area (Å²) in [6.45, 7) is 12.3. The van der Waals surface area contributed by atoms with Crippen molar-refractivity contribution >= 4 is 53.7 Å². The number of allylic oxidation sites excluding steroid dienone is 2. The molecule has 0 atom stereocenters. The summed E-state index contributed by atoms with van der Waals surface area (Å²) in [6.07, 6.45) is 0. The summed E-state index contributed by atoms with van der Waals surface area (Å²) in [5.41, 5.74) is 2.38. The maximum absolute atomic E-state index is 4.06. The second kappa shape index (κ2) is 5.17. The zero-order chi connectivity index (χ0) is 12.4. The second-order valence-electron chi connectivity index (χ2n) is 4.29. The van der Waals surface area contributed by atoms with Crippen LogP contribution < -0.4 is 10.4 Å². The summed E-state index contributed by atoms with van der Waals surface area (Å²) in [5, 5.41) is 7.39. The Morgan fingerprint density at radius 1 is 0.941 bits per heavy atom. The van der Waals surface area contributed by atoms with Crippen LogP contribution in [0.15, 0.2) is 36.1 Å². The molecule has 0 aliphatic heterocycles. The van der Waals surface area contributed by atoms with Crippen molar-refractivity contribution in [3.8, 4) is 0 Å². The maximum atomic E-state index is 4.06. The summed E-state index contributed by atoms with van der Waals surface area (Å²) in [6, 6.07) is 4.53. The monoisotopic (exact) mass is 276 g/mol. The minimum absolute atomic E-state index is 0.394. The van der Waals surface area contributed by atoms with Crippen LogP contribution in [0.25, 0.3) is 11.1 Å². The highest BCUT2D eigenvalue weighted by atomic mass is 32.1. The van der Waals surface area contributed by atoms with Gasteiger partial charge in [0.1, 0.15) is 0 Å². The van der Waals surface area contributed by atoms with E-state index in [4.69, 9.17) is 0 Å². The van der Waals surface area contributed by atoms with E-state index in [1.54, 1.807) is 0 Å². The van der Waals surface area contributed by atoms with Gasteiger partial charge in [-0.05, 0) is 46.1 Å². The molecule has 0 nitrogen and oxygen atoms in total. The van der Waals surface area contributed by atoms with Crippen LogP contribution in [0.4, 0.5) is 0 Å². The topological polar surface area (TPSA) is 0 Å². The van der Waals surface area contributed by atoms with E-state index in [-0.39, 0.29) is 0 Å². The lowest BCUT2D eigenvalue weighted by molar-refractivity contribution is 1.76. The lowest BCUT2D eigenvalue weighted by atomic mass is 10.3. The minimum Gasteiger partial charge on any atom is -0.144 e. The van der Waals surface area contributed by atoms with Crippen LogP contribution in [-0.2, 0) is 0 Å². The maximum Gasteiger partial charge on any atom is 0.0913 e. The molecule has 0 aromatic carbocycles. The standard InChI is InChI=1S/C14H16S2Si/c1-9(2)13-11(5-7-15-13)17-12-6-8-16-14(12)10(3)4/h5-8H,1,3,17H2,2,4H3. The number of thiophene rings is 2. The van der Waals surface area contributed by atoms with Gasteiger partial charge in [0.25, 0.3) is 0 Å². The van der Waals surface area contributed by atoms with Gasteiger partial charge >= 0.3 is 0 Å². The molecule has 0 N–H and O–H groups in total. The van der Waals surface area contributed by atoms with Gasteiger partial charge in [-0.1, -0.05) is 25.3 Å². The van der Waals surface area contributed by atoms with E-state index in [0.717, 1.165) is 0 Å². The lowest BCUT2D eigenvalue weighted by Gasteiger charge is -2.04. The third kappa shape index (κ3) is 2.68. The van der Waals surface area contributed by atoms with Crippen LogP contribution in [0, 0.1) is 0 Å². The number of hydrogen-bond donors (Lipinski definition) is 0. The molecule has 0 aliphatic rings. The molecular formula is C14H16S2Si. The van der Waals surface area contributed by atoms with Gasteiger partial charge in [0.15, 0.2) is 0 Å². The predicted molar refractivity (Wildman–Crippen MR) is 85.9 cm³/mol. The third-order valence-electron chi connectivity index (χ3n) is 2.65. The number of hydrogen-bond acceptors (Lipinski definition) is 2. The molecular weight excluding hydrogens is 260 g/mol. The summed E-state index contributed by atoms with van der Waals surface area (Å²) < 4.78 is 0. The summed E-state index contributed by atoms with van der Waals surface area (Å²) >= 11 is 3.62. The van der Waals surface area contributed by atoms with E-state index in [9.17, 15) is 0 Å². The van der Waals surface area contributed by atoms with Gasteiger partial charge in [-0.2, -0.15) is 0 Å². The van der Waals surface area contributed by atoms with Crippen LogP contribution in [-0.4, -0.2) is 9.52 Å². The van der Waals surface area contributed by atoms with Crippen LogP contribution in [0.1, 0.15) is 23.6 Å². The lowest BCUT2D eigenvalue weighted by Crippen LogP contribution is -2.28. The average molecular weight is 277 g/mol. The zero-order valence-electron chi connectivity index (χ0n) is 10.2. The number of rotatable bonds is 4.